The van der Waals surface area contributed by atoms with Crippen LogP contribution in [0.25, 0.3) is 22.2 Å². The minimum absolute atomic E-state index is 0.126. The number of benzene rings is 2. The van der Waals surface area contributed by atoms with E-state index in [-0.39, 0.29) is 5.91 Å². The van der Waals surface area contributed by atoms with Crippen LogP contribution in [0.15, 0.2) is 71.5 Å². The summed E-state index contributed by atoms with van der Waals surface area (Å²) in [6.45, 7) is 0.458. The van der Waals surface area contributed by atoms with Crippen molar-refractivity contribution in [1.29, 1.82) is 0 Å². The molecule has 0 spiro atoms. The summed E-state index contributed by atoms with van der Waals surface area (Å²) in [6.07, 6.45) is 6.21. The number of pyridine rings is 1. The van der Waals surface area contributed by atoms with Gasteiger partial charge in [-0.25, -0.2) is 0 Å². The summed E-state index contributed by atoms with van der Waals surface area (Å²) in [6, 6.07) is 17.3. The van der Waals surface area contributed by atoms with Gasteiger partial charge in [0.1, 0.15) is 5.52 Å². The number of nitrogens with one attached hydrogen (secondary N) is 1. The normalized spacial score (nSPS) is 13.6. The number of carbonyl (C=O) groups is 1. The Bertz CT molecular complexity index is 1150. The van der Waals surface area contributed by atoms with Crippen LogP contribution in [0.3, 0.4) is 0 Å². The highest BCUT2D eigenvalue weighted by Gasteiger charge is 2.23. The molecule has 4 aromatic rings. The second-order valence-corrected chi connectivity index (χ2v) is 7.19. The van der Waals surface area contributed by atoms with Crippen molar-refractivity contribution in [3.63, 3.8) is 0 Å². The van der Waals surface area contributed by atoms with Gasteiger partial charge in [0, 0.05) is 30.1 Å². The Kier molecular flexibility index (Phi) is 4.13. The van der Waals surface area contributed by atoms with Crippen LogP contribution in [0.5, 0.6) is 0 Å². The number of hydrogen-bond donors (Lipinski definition) is 1. The van der Waals surface area contributed by atoms with Crippen molar-refractivity contribution in [2.24, 2.45) is 0 Å². The van der Waals surface area contributed by atoms with E-state index in [2.05, 4.69) is 21.5 Å². The Balaban J connectivity index is 1.36. The molecule has 0 aliphatic heterocycles. The molecule has 0 saturated heterocycles. The zero-order valence-corrected chi connectivity index (χ0v) is 15.3. The number of carbonyl (C=O) groups excluding carboxylic acids is 1. The van der Waals surface area contributed by atoms with Crippen LogP contribution in [0.2, 0.25) is 0 Å². The minimum Gasteiger partial charge on any atom is -0.355 e. The molecule has 0 atom stereocenters. The molecule has 1 amide bonds. The van der Waals surface area contributed by atoms with E-state index in [1.807, 2.05) is 54.9 Å². The molecule has 2 aromatic carbocycles. The smallest absolute Gasteiger partial charge is 0.251 e. The summed E-state index contributed by atoms with van der Waals surface area (Å²) < 4.78 is 5.52. The molecule has 2 heterocycles. The van der Waals surface area contributed by atoms with Gasteiger partial charge >= 0.3 is 0 Å². The Morgan fingerprint density at radius 1 is 1.07 bits per heavy atom. The standard InChI is InChI=1S/C23H19N3O2/c27-23(25-13-15-10-19(14-24-12-15)16-6-7-16)18-8-9-21-20(11-18)22(28-26-21)17-4-2-1-3-5-17/h1-5,8-12,14,16H,6-7,13H2,(H,25,27). The quantitative estimate of drug-likeness (QED) is 0.554. The third kappa shape index (κ3) is 3.27. The fourth-order valence-corrected chi connectivity index (χ4v) is 3.41. The maximum Gasteiger partial charge on any atom is 0.251 e. The van der Waals surface area contributed by atoms with E-state index in [0.717, 1.165) is 22.0 Å². The van der Waals surface area contributed by atoms with Gasteiger partial charge in [0.05, 0.1) is 5.39 Å². The lowest BCUT2D eigenvalue weighted by Crippen LogP contribution is -2.22. The highest BCUT2D eigenvalue weighted by atomic mass is 16.5. The average molecular weight is 369 g/mol. The molecule has 5 rings (SSSR count). The second kappa shape index (κ2) is 6.93. The lowest BCUT2D eigenvalue weighted by molar-refractivity contribution is 0.0951. The van der Waals surface area contributed by atoms with E-state index in [1.54, 1.807) is 6.07 Å². The van der Waals surface area contributed by atoms with Crippen LogP contribution in [-0.2, 0) is 6.54 Å². The van der Waals surface area contributed by atoms with Crippen LogP contribution < -0.4 is 5.32 Å². The maximum atomic E-state index is 12.7. The summed E-state index contributed by atoms with van der Waals surface area (Å²) in [5, 5.41) is 7.92. The molecule has 0 bridgehead atoms. The van der Waals surface area contributed by atoms with Crippen molar-refractivity contribution >= 4 is 16.8 Å². The first-order valence-electron chi connectivity index (χ1n) is 9.45. The Morgan fingerprint density at radius 2 is 1.93 bits per heavy atom. The number of amides is 1. The van der Waals surface area contributed by atoms with Gasteiger partial charge < -0.3 is 9.84 Å². The zero-order chi connectivity index (χ0) is 18.9. The third-order valence-corrected chi connectivity index (χ3v) is 5.09. The average Bonchev–Trinajstić information content (AvgIpc) is 3.52. The van der Waals surface area contributed by atoms with Crippen molar-refractivity contribution in [3.8, 4) is 11.3 Å². The second-order valence-electron chi connectivity index (χ2n) is 7.19. The zero-order valence-electron chi connectivity index (χ0n) is 15.3. The van der Waals surface area contributed by atoms with Crippen LogP contribution in [0.4, 0.5) is 0 Å². The molecule has 5 nitrogen and oxygen atoms in total. The molecule has 1 aliphatic rings. The first kappa shape index (κ1) is 16.7. The Labute approximate surface area is 162 Å². The van der Waals surface area contributed by atoms with Gasteiger partial charge in [0.25, 0.3) is 5.91 Å². The molecular formula is C23H19N3O2. The molecule has 138 valence electrons. The number of fused-ring (bicyclic) bond motifs is 1. The van der Waals surface area contributed by atoms with E-state index >= 15 is 0 Å². The van der Waals surface area contributed by atoms with E-state index in [9.17, 15) is 4.79 Å². The molecule has 1 fully saturated rings. The summed E-state index contributed by atoms with van der Waals surface area (Å²) >= 11 is 0. The van der Waals surface area contributed by atoms with Gasteiger partial charge in [0.2, 0.25) is 0 Å². The number of nitrogens with zero attached hydrogens (tertiary/aromatic N) is 2. The molecule has 1 aliphatic carbocycles. The first-order valence-corrected chi connectivity index (χ1v) is 9.45. The van der Waals surface area contributed by atoms with Crippen molar-refractivity contribution in [2.75, 3.05) is 0 Å². The van der Waals surface area contributed by atoms with Gasteiger partial charge in [-0.05, 0) is 48.1 Å². The van der Waals surface area contributed by atoms with Crippen molar-refractivity contribution in [1.82, 2.24) is 15.5 Å². The van der Waals surface area contributed by atoms with Gasteiger partial charge in [0.15, 0.2) is 5.76 Å². The Morgan fingerprint density at radius 3 is 2.75 bits per heavy atom. The summed E-state index contributed by atoms with van der Waals surface area (Å²) in [5.41, 5.74) is 4.54. The van der Waals surface area contributed by atoms with Gasteiger partial charge in [-0.15, -0.1) is 0 Å². The maximum absolute atomic E-state index is 12.7. The molecule has 2 aromatic heterocycles. The number of hydrogen-bond acceptors (Lipinski definition) is 4. The predicted octanol–water partition coefficient (Wildman–Crippen LogP) is 4.70. The van der Waals surface area contributed by atoms with Crippen molar-refractivity contribution < 1.29 is 9.32 Å². The highest BCUT2D eigenvalue weighted by molar-refractivity contribution is 6.00. The van der Waals surface area contributed by atoms with Crippen LogP contribution in [-0.4, -0.2) is 16.0 Å². The number of rotatable bonds is 5. The van der Waals surface area contributed by atoms with Crippen LogP contribution >= 0.6 is 0 Å². The van der Waals surface area contributed by atoms with Crippen molar-refractivity contribution in [2.45, 2.75) is 25.3 Å². The monoisotopic (exact) mass is 369 g/mol. The summed E-state index contributed by atoms with van der Waals surface area (Å²) in [4.78, 5) is 17.0. The number of aromatic nitrogens is 2. The molecular weight excluding hydrogens is 350 g/mol. The van der Waals surface area contributed by atoms with E-state index in [4.69, 9.17) is 4.52 Å². The molecule has 5 heteroatoms. The molecule has 0 radical (unpaired) electrons. The predicted molar refractivity (Wildman–Crippen MR) is 107 cm³/mol. The summed E-state index contributed by atoms with van der Waals surface area (Å²) in [7, 11) is 0. The van der Waals surface area contributed by atoms with Gasteiger partial charge in [-0.2, -0.15) is 0 Å². The Hall–Kier alpha value is -3.47. The molecule has 1 saturated carbocycles. The fraction of sp³-hybridized carbons (Fsp3) is 0.174. The minimum atomic E-state index is -0.126. The van der Waals surface area contributed by atoms with Crippen molar-refractivity contribution in [3.05, 3.63) is 83.7 Å². The third-order valence-electron chi connectivity index (χ3n) is 5.09. The van der Waals surface area contributed by atoms with Crippen LogP contribution in [0, 0.1) is 0 Å². The van der Waals surface area contributed by atoms with Crippen LogP contribution in [0.1, 0.15) is 40.2 Å². The molecule has 1 N–H and O–H groups in total. The summed E-state index contributed by atoms with van der Waals surface area (Å²) in [5.74, 6) is 1.20. The topological polar surface area (TPSA) is 68.0 Å². The highest BCUT2D eigenvalue weighted by Crippen LogP contribution is 2.39. The van der Waals surface area contributed by atoms with Gasteiger partial charge in [-0.1, -0.05) is 41.6 Å². The van der Waals surface area contributed by atoms with E-state index in [0.29, 0.717) is 23.8 Å². The molecule has 28 heavy (non-hydrogen) atoms. The largest absolute Gasteiger partial charge is 0.355 e. The van der Waals surface area contributed by atoms with E-state index < -0.39 is 0 Å². The lowest BCUT2D eigenvalue weighted by atomic mass is 10.1. The van der Waals surface area contributed by atoms with Gasteiger partial charge in [-0.3, -0.25) is 9.78 Å². The lowest BCUT2D eigenvalue weighted by Gasteiger charge is -2.07. The fourth-order valence-electron chi connectivity index (χ4n) is 3.41. The first-order chi connectivity index (χ1) is 13.8. The molecule has 0 unspecified atom stereocenters. The van der Waals surface area contributed by atoms with E-state index in [1.165, 1.54) is 18.4 Å². The SMILES string of the molecule is O=C(NCc1cncc(C2CC2)c1)c1ccc2noc(-c3ccccc3)c2c1.